The summed E-state index contributed by atoms with van der Waals surface area (Å²) in [5.41, 5.74) is 2.16. The van der Waals surface area contributed by atoms with E-state index in [1.54, 1.807) is 5.01 Å². The Morgan fingerprint density at radius 3 is 3.38 bits per heavy atom. The normalized spacial score (nSPS) is 24.9. The Bertz CT molecular complexity index is 345. The number of rotatable bonds is 1. The van der Waals surface area contributed by atoms with Crippen LogP contribution in [0.2, 0.25) is 0 Å². The molecule has 4 nitrogen and oxygen atoms in total. The molecule has 0 saturated carbocycles. The average Bonchev–Trinajstić information content (AvgIpc) is 2.51. The number of hydrogen-bond donors (Lipinski definition) is 0. The third-order valence-electron chi connectivity index (χ3n) is 2.31. The van der Waals surface area contributed by atoms with Crippen molar-refractivity contribution in [2.45, 2.75) is 19.4 Å². The van der Waals surface area contributed by atoms with Gasteiger partial charge in [-0.3, -0.25) is 5.01 Å². The lowest BCUT2D eigenvalue weighted by Crippen LogP contribution is -2.29. The topological polar surface area (TPSA) is 51.8 Å². The van der Waals surface area contributed by atoms with E-state index in [9.17, 15) is 0 Å². The summed E-state index contributed by atoms with van der Waals surface area (Å²) in [6, 6.07) is 2.28. The van der Waals surface area contributed by atoms with Gasteiger partial charge in [-0.1, -0.05) is 17.4 Å². The molecule has 13 heavy (non-hydrogen) atoms. The highest BCUT2D eigenvalue weighted by Gasteiger charge is 2.28. The van der Waals surface area contributed by atoms with Gasteiger partial charge < -0.3 is 0 Å². The number of allylic oxidation sites excluding steroid dienone is 2. The monoisotopic (exact) mass is 174 g/mol. The van der Waals surface area contributed by atoms with Gasteiger partial charge in [0.2, 0.25) is 0 Å². The molecule has 0 amide bonds. The fraction of sp³-hybridized carbons (Fsp3) is 0.444. The van der Waals surface area contributed by atoms with E-state index >= 15 is 0 Å². The molecule has 0 spiro atoms. The maximum atomic E-state index is 8.56. The van der Waals surface area contributed by atoms with Crippen molar-refractivity contribution in [3.8, 4) is 6.07 Å². The molecule has 0 aromatic heterocycles. The number of nitrogens with zero attached hydrogens (tertiary/aromatic N) is 4. The molecule has 0 fully saturated rings. The minimum Gasteiger partial charge on any atom is -0.255 e. The van der Waals surface area contributed by atoms with Gasteiger partial charge >= 0.3 is 0 Å². The van der Waals surface area contributed by atoms with E-state index in [0.717, 1.165) is 17.7 Å². The summed E-state index contributed by atoms with van der Waals surface area (Å²) in [4.78, 5) is 0. The number of nitriles is 1. The highest BCUT2D eigenvalue weighted by molar-refractivity contribution is 5.32. The molecule has 1 aliphatic heterocycles. The van der Waals surface area contributed by atoms with Crippen LogP contribution in [0.15, 0.2) is 33.8 Å². The summed E-state index contributed by atoms with van der Waals surface area (Å²) >= 11 is 0. The van der Waals surface area contributed by atoms with Crippen LogP contribution in [0.1, 0.15) is 13.3 Å². The summed E-state index contributed by atoms with van der Waals surface area (Å²) in [7, 11) is 0. The Labute approximate surface area is 76.8 Å². The van der Waals surface area contributed by atoms with E-state index in [0.29, 0.717) is 6.54 Å². The molecule has 66 valence electrons. The van der Waals surface area contributed by atoms with Crippen LogP contribution in [-0.2, 0) is 0 Å². The van der Waals surface area contributed by atoms with Gasteiger partial charge in [0.05, 0.1) is 17.8 Å². The fourth-order valence-electron chi connectivity index (χ4n) is 1.62. The molecular formula is C9H10N4. The molecule has 2 rings (SSSR count). The molecule has 4 heteroatoms. The zero-order valence-corrected chi connectivity index (χ0v) is 7.44. The highest BCUT2D eigenvalue weighted by Crippen LogP contribution is 2.30. The molecule has 1 unspecified atom stereocenters. The zero-order chi connectivity index (χ0) is 9.26. The molecule has 0 N–H and O–H groups in total. The van der Waals surface area contributed by atoms with E-state index < -0.39 is 0 Å². The van der Waals surface area contributed by atoms with Crippen molar-refractivity contribution in [2.24, 2.45) is 10.3 Å². The molecule has 0 aromatic carbocycles. The van der Waals surface area contributed by atoms with Gasteiger partial charge in [0, 0.05) is 0 Å². The van der Waals surface area contributed by atoms with Crippen LogP contribution in [0, 0.1) is 11.3 Å². The lowest BCUT2D eigenvalue weighted by atomic mass is 10.00. The lowest BCUT2D eigenvalue weighted by molar-refractivity contribution is 0.278. The first-order valence-corrected chi connectivity index (χ1v) is 4.25. The van der Waals surface area contributed by atoms with Crippen molar-refractivity contribution in [1.82, 2.24) is 5.01 Å². The van der Waals surface area contributed by atoms with E-state index in [4.69, 9.17) is 5.26 Å². The predicted octanol–water partition coefficient (Wildman–Crippen LogP) is 1.80. The van der Waals surface area contributed by atoms with Gasteiger partial charge in [-0.05, 0) is 18.9 Å². The summed E-state index contributed by atoms with van der Waals surface area (Å²) in [6.45, 7) is 2.34. The Kier molecular flexibility index (Phi) is 1.85. The zero-order valence-electron chi connectivity index (χ0n) is 7.44. The molecule has 0 saturated heterocycles. The van der Waals surface area contributed by atoms with Crippen molar-refractivity contribution in [1.29, 1.82) is 5.26 Å². The number of fused-ring (bicyclic) bond motifs is 1. The van der Waals surface area contributed by atoms with Crippen LogP contribution >= 0.6 is 0 Å². The molecule has 1 aliphatic carbocycles. The Morgan fingerprint density at radius 1 is 1.77 bits per heavy atom. The van der Waals surface area contributed by atoms with Gasteiger partial charge in [-0.15, -0.1) is 5.11 Å². The first kappa shape index (κ1) is 7.99. The SMILES string of the molecule is CC1=C2N=NN(CC#N)C2CC=C1. The van der Waals surface area contributed by atoms with Crippen molar-refractivity contribution in [3.05, 3.63) is 23.4 Å². The van der Waals surface area contributed by atoms with E-state index in [2.05, 4.69) is 28.6 Å². The van der Waals surface area contributed by atoms with E-state index in [-0.39, 0.29) is 6.04 Å². The third kappa shape index (κ3) is 1.22. The second-order valence-corrected chi connectivity index (χ2v) is 3.17. The fourth-order valence-corrected chi connectivity index (χ4v) is 1.62. The molecule has 0 aromatic rings. The molecule has 2 aliphatic rings. The first-order chi connectivity index (χ1) is 6.33. The molecule has 0 bridgehead atoms. The molecule has 0 radical (unpaired) electrons. The number of hydrogen-bond acceptors (Lipinski definition) is 4. The quantitative estimate of drug-likeness (QED) is 0.569. The van der Waals surface area contributed by atoms with Crippen molar-refractivity contribution < 1.29 is 0 Å². The van der Waals surface area contributed by atoms with Crippen LogP contribution in [0.5, 0.6) is 0 Å². The van der Waals surface area contributed by atoms with E-state index in [1.165, 1.54) is 0 Å². The summed E-state index contributed by atoms with van der Waals surface area (Å²) in [6.07, 6.45) is 5.06. The van der Waals surface area contributed by atoms with Crippen LogP contribution in [0.25, 0.3) is 0 Å². The van der Waals surface area contributed by atoms with Crippen LogP contribution in [0.4, 0.5) is 0 Å². The largest absolute Gasteiger partial charge is 0.255 e. The van der Waals surface area contributed by atoms with Gasteiger partial charge in [-0.2, -0.15) is 5.26 Å². The molecule has 1 heterocycles. The van der Waals surface area contributed by atoms with Gasteiger partial charge in [-0.25, -0.2) is 0 Å². The van der Waals surface area contributed by atoms with Gasteiger partial charge in [0.1, 0.15) is 6.54 Å². The van der Waals surface area contributed by atoms with Crippen LogP contribution in [-0.4, -0.2) is 17.6 Å². The smallest absolute Gasteiger partial charge is 0.125 e. The Morgan fingerprint density at radius 2 is 2.62 bits per heavy atom. The van der Waals surface area contributed by atoms with Crippen molar-refractivity contribution in [2.75, 3.05) is 6.54 Å². The minimum absolute atomic E-state index is 0.199. The van der Waals surface area contributed by atoms with Crippen molar-refractivity contribution >= 4 is 0 Å². The lowest BCUT2D eigenvalue weighted by Gasteiger charge is -2.21. The maximum Gasteiger partial charge on any atom is 0.125 e. The standard InChI is InChI=1S/C9H10N4/c1-7-3-2-4-8-9(7)11-12-13(8)6-5-10/h2-3,8H,4,6H2,1H3. The second-order valence-electron chi connectivity index (χ2n) is 3.17. The first-order valence-electron chi connectivity index (χ1n) is 4.25. The highest BCUT2D eigenvalue weighted by atomic mass is 15.6. The molecular weight excluding hydrogens is 164 g/mol. The average molecular weight is 174 g/mol. The minimum atomic E-state index is 0.199. The van der Waals surface area contributed by atoms with E-state index in [1.807, 2.05) is 6.92 Å². The Hall–Kier alpha value is -1.63. The van der Waals surface area contributed by atoms with Crippen molar-refractivity contribution in [3.63, 3.8) is 0 Å². The molecule has 1 atom stereocenters. The van der Waals surface area contributed by atoms with Crippen LogP contribution in [0.3, 0.4) is 0 Å². The summed E-state index contributed by atoms with van der Waals surface area (Å²) < 4.78 is 0. The maximum absolute atomic E-state index is 8.56. The van der Waals surface area contributed by atoms with Gasteiger partial charge in [0.25, 0.3) is 0 Å². The summed E-state index contributed by atoms with van der Waals surface area (Å²) in [5, 5.41) is 18.3. The third-order valence-corrected chi connectivity index (χ3v) is 2.31. The predicted molar refractivity (Wildman–Crippen MR) is 47.4 cm³/mol. The van der Waals surface area contributed by atoms with Crippen LogP contribution < -0.4 is 0 Å². The Balaban J connectivity index is 2.25. The van der Waals surface area contributed by atoms with Gasteiger partial charge in [0.15, 0.2) is 0 Å². The second kappa shape index (κ2) is 3.02. The summed E-state index contributed by atoms with van der Waals surface area (Å²) in [5.74, 6) is 0.